The summed E-state index contributed by atoms with van der Waals surface area (Å²) in [6, 6.07) is 7.33. The highest BCUT2D eigenvalue weighted by molar-refractivity contribution is 6.04. The summed E-state index contributed by atoms with van der Waals surface area (Å²) in [6.07, 6.45) is -0.105. The lowest BCUT2D eigenvalue weighted by molar-refractivity contribution is -0.123. The van der Waals surface area contributed by atoms with Crippen LogP contribution in [-0.4, -0.2) is 48.1 Å². The lowest BCUT2D eigenvalue weighted by Crippen LogP contribution is -2.41. The van der Waals surface area contributed by atoms with Gasteiger partial charge in [-0.05, 0) is 24.6 Å². The van der Waals surface area contributed by atoms with E-state index in [2.05, 4.69) is 20.6 Å². The van der Waals surface area contributed by atoms with E-state index >= 15 is 0 Å². The van der Waals surface area contributed by atoms with Gasteiger partial charge in [0.05, 0.1) is 24.7 Å². The zero-order chi connectivity index (χ0) is 19.7. The summed E-state index contributed by atoms with van der Waals surface area (Å²) in [7, 11) is 0. The average Bonchev–Trinajstić information content (AvgIpc) is 2.67. The first-order chi connectivity index (χ1) is 13.5. The van der Waals surface area contributed by atoms with E-state index in [9.17, 15) is 14.4 Å². The van der Waals surface area contributed by atoms with Crippen LogP contribution in [0.3, 0.4) is 0 Å². The van der Waals surface area contributed by atoms with Gasteiger partial charge in [0.2, 0.25) is 17.8 Å². The van der Waals surface area contributed by atoms with E-state index in [-0.39, 0.29) is 23.7 Å². The average molecular weight is 383 g/mol. The van der Waals surface area contributed by atoms with Crippen LogP contribution in [0, 0.1) is 6.92 Å². The van der Waals surface area contributed by atoms with Gasteiger partial charge in [0.1, 0.15) is 5.82 Å². The number of hydrogen-bond acceptors (Lipinski definition) is 6. The second-order valence-corrected chi connectivity index (χ2v) is 6.91. The largest absolute Gasteiger partial charge is 0.378 e. The number of aromatic nitrogens is 2. The molecule has 0 spiro atoms. The third-order valence-electron chi connectivity index (χ3n) is 4.85. The van der Waals surface area contributed by atoms with Crippen LogP contribution in [0.2, 0.25) is 0 Å². The Morgan fingerprint density at radius 3 is 2.82 bits per heavy atom. The molecule has 1 fully saturated rings. The highest BCUT2D eigenvalue weighted by Crippen LogP contribution is 2.30. The first-order valence-electron chi connectivity index (χ1n) is 9.15. The van der Waals surface area contributed by atoms with Crippen molar-refractivity contribution in [2.24, 2.45) is 0 Å². The summed E-state index contributed by atoms with van der Waals surface area (Å²) in [5, 5.41) is 5.42. The number of fused-ring (bicyclic) bond motifs is 1. The Balaban J connectivity index is 1.65. The molecule has 28 heavy (non-hydrogen) atoms. The predicted octanol–water partition coefficient (Wildman–Crippen LogP) is 0.979. The van der Waals surface area contributed by atoms with Crippen molar-refractivity contribution in [3.63, 3.8) is 0 Å². The summed E-state index contributed by atoms with van der Waals surface area (Å²) in [5.74, 6) is -1.15. The van der Waals surface area contributed by atoms with Crippen molar-refractivity contribution in [2.45, 2.75) is 19.3 Å². The Morgan fingerprint density at radius 2 is 2.07 bits per heavy atom. The van der Waals surface area contributed by atoms with Crippen LogP contribution in [0.1, 0.15) is 23.5 Å². The van der Waals surface area contributed by atoms with Gasteiger partial charge < -0.3 is 20.3 Å². The van der Waals surface area contributed by atoms with Gasteiger partial charge in [0, 0.05) is 25.2 Å². The number of ether oxygens (including phenoxy) is 1. The Morgan fingerprint density at radius 1 is 1.29 bits per heavy atom. The Kier molecular flexibility index (Phi) is 4.82. The summed E-state index contributed by atoms with van der Waals surface area (Å²) in [5.41, 5.74) is 1.37. The zero-order valence-corrected chi connectivity index (χ0v) is 15.4. The number of benzene rings is 1. The number of morpholine rings is 1. The van der Waals surface area contributed by atoms with Gasteiger partial charge in [0.15, 0.2) is 0 Å². The van der Waals surface area contributed by atoms with E-state index in [1.54, 1.807) is 6.07 Å². The van der Waals surface area contributed by atoms with Crippen LogP contribution in [0.4, 0.5) is 17.5 Å². The molecular formula is C19H21N5O4. The number of carbonyl (C=O) groups is 2. The molecule has 4 rings (SSSR count). The maximum Gasteiger partial charge on any atom is 0.258 e. The highest BCUT2D eigenvalue weighted by atomic mass is 16.5. The van der Waals surface area contributed by atoms with Gasteiger partial charge in [-0.1, -0.05) is 12.1 Å². The van der Waals surface area contributed by atoms with Crippen molar-refractivity contribution in [3.8, 4) is 0 Å². The second-order valence-electron chi connectivity index (χ2n) is 6.91. The first kappa shape index (κ1) is 18.2. The molecule has 9 heteroatoms. The molecule has 1 saturated heterocycles. The molecule has 3 N–H and O–H groups in total. The number of rotatable bonds is 3. The minimum atomic E-state index is -0.903. The zero-order valence-electron chi connectivity index (χ0n) is 15.4. The SMILES string of the molecule is Cc1cccc(NC(=O)[C@@H]2CC(=O)Nc3nc(N4CCOCC4)[nH]c(=O)c32)c1. The van der Waals surface area contributed by atoms with E-state index in [1.165, 1.54) is 0 Å². The van der Waals surface area contributed by atoms with Crippen molar-refractivity contribution in [1.29, 1.82) is 0 Å². The number of nitrogens with one attached hydrogen (secondary N) is 3. The second kappa shape index (κ2) is 7.43. The smallest absolute Gasteiger partial charge is 0.258 e. The number of amides is 2. The summed E-state index contributed by atoms with van der Waals surface area (Å²) >= 11 is 0. The molecule has 1 atom stereocenters. The molecule has 0 unspecified atom stereocenters. The Hall–Kier alpha value is -3.20. The van der Waals surface area contributed by atoms with Crippen molar-refractivity contribution in [1.82, 2.24) is 9.97 Å². The van der Waals surface area contributed by atoms with Crippen molar-refractivity contribution in [3.05, 3.63) is 45.7 Å². The quantitative estimate of drug-likeness (QED) is 0.728. The number of anilines is 3. The van der Waals surface area contributed by atoms with Crippen LogP contribution >= 0.6 is 0 Å². The molecule has 0 saturated carbocycles. The van der Waals surface area contributed by atoms with E-state index in [0.717, 1.165) is 5.56 Å². The molecule has 0 aliphatic carbocycles. The number of H-pyrrole nitrogens is 1. The number of aromatic amines is 1. The van der Waals surface area contributed by atoms with Crippen LogP contribution < -0.4 is 21.1 Å². The topological polar surface area (TPSA) is 116 Å². The van der Waals surface area contributed by atoms with Gasteiger partial charge in [-0.25, -0.2) is 0 Å². The van der Waals surface area contributed by atoms with E-state index in [0.29, 0.717) is 37.9 Å². The third-order valence-corrected chi connectivity index (χ3v) is 4.85. The number of hydrogen-bond donors (Lipinski definition) is 3. The molecular weight excluding hydrogens is 362 g/mol. The van der Waals surface area contributed by atoms with E-state index in [4.69, 9.17) is 4.74 Å². The van der Waals surface area contributed by atoms with Crippen LogP contribution in [0.5, 0.6) is 0 Å². The summed E-state index contributed by atoms with van der Waals surface area (Å²) < 4.78 is 5.31. The van der Waals surface area contributed by atoms with Crippen LogP contribution in [0.15, 0.2) is 29.1 Å². The molecule has 0 bridgehead atoms. The van der Waals surface area contributed by atoms with Gasteiger partial charge in [-0.2, -0.15) is 4.98 Å². The number of carbonyl (C=O) groups excluding carboxylic acids is 2. The maximum absolute atomic E-state index is 12.8. The predicted molar refractivity (Wildman–Crippen MR) is 104 cm³/mol. The standard InChI is InChI=1S/C19H21N5O4/c1-11-3-2-4-12(9-11)20-17(26)13-10-14(25)21-16-15(13)18(27)23-19(22-16)24-5-7-28-8-6-24/h2-4,9,13H,5-8,10H2,1H3,(H,20,26)(H2,21,22,23,25,27)/t13-/m1/s1. The van der Waals surface area contributed by atoms with Gasteiger partial charge in [0.25, 0.3) is 5.56 Å². The maximum atomic E-state index is 12.8. The van der Waals surface area contributed by atoms with Gasteiger partial charge in [-0.3, -0.25) is 19.4 Å². The van der Waals surface area contributed by atoms with Gasteiger partial charge >= 0.3 is 0 Å². The Bertz CT molecular complexity index is 981. The van der Waals surface area contributed by atoms with E-state index < -0.39 is 17.4 Å². The van der Waals surface area contributed by atoms with Crippen molar-refractivity contribution >= 4 is 29.3 Å². The third kappa shape index (κ3) is 3.61. The van der Waals surface area contributed by atoms with Crippen LogP contribution in [0.25, 0.3) is 0 Å². The highest BCUT2D eigenvalue weighted by Gasteiger charge is 2.35. The molecule has 9 nitrogen and oxygen atoms in total. The monoisotopic (exact) mass is 383 g/mol. The molecule has 0 radical (unpaired) electrons. The molecule has 2 aliphatic heterocycles. The minimum absolute atomic E-state index is 0.105. The van der Waals surface area contributed by atoms with Crippen molar-refractivity contribution in [2.75, 3.05) is 41.8 Å². The van der Waals surface area contributed by atoms with Gasteiger partial charge in [-0.15, -0.1) is 0 Å². The Labute approximate surface area is 161 Å². The molecule has 3 heterocycles. The number of nitrogens with zero attached hydrogens (tertiary/aromatic N) is 2. The molecule has 2 aromatic rings. The fourth-order valence-corrected chi connectivity index (χ4v) is 3.46. The lowest BCUT2D eigenvalue weighted by atomic mass is 9.92. The number of aryl methyl sites for hydroxylation is 1. The fraction of sp³-hybridized carbons (Fsp3) is 0.368. The van der Waals surface area contributed by atoms with E-state index in [1.807, 2.05) is 30.0 Å². The first-order valence-corrected chi connectivity index (χ1v) is 9.15. The summed E-state index contributed by atoms with van der Waals surface area (Å²) in [4.78, 5) is 46.8. The molecule has 146 valence electrons. The fourth-order valence-electron chi connectivity index (χ4n) is 3.46. The normalized spacial score (nSPS) is 19.0. The molecule has 2 amide bonds. The lowest BCUT2D eigenvalue weighted by Gasteiger charge is -2.29. The summed E-state index contributed by atoms with van der Waals surface area (Å²) in [6.45, 7) is 4.17. The molecule has 1 aromatic heterocycles. The molecule has 1 aromatic carbocycles. The molecule has 2 aliphatic rings. The van der Waals surface area contributed by atoms with Crippen LogP contribution in [-0.2, 0) is 14.3 Å². The minimum Gasteiger partial charge on any atom is -0.378 e. The van der Waals surface area contributed by atoms with Crippen molar-refractivity contribution < 1.29 is 14.3 Å².